The van der Waals surface area contributed by atoms with Crippen LogP contribution in [0.15, 0.2) is 79.1 Å². The van der Waals surface area contributed by atoms with Crippen molar-refractivity contribution in [2.24, 2.45) is 5.92 Å². The highest BCUT2D eigenvalue weighted by Crippen LogP contribution is 2.47. The number of hydrogen-bond donors (Lipinski definition) is 3. The van der Waals surface area contributed by atoms with Crippen molar-refractivity contribution >= 4 is 27.6 Å². The van der Waals surface area contributed by atoms with Crippen LogP contribution in [0.1, 0.15) is 34.3 Å². The normalized spacial score (nSPS) is 18.2. The third-order valence-electron chi connectivity index (χ3n) is 6.64. The van der Waals surface area contributed by atoms with Crippen LogP contribution in [-0.2, 0) is 0 Å². The number of nitrogens with one attached hydrogen (secondary N) is 2. The first-order valence-electron chi connectivity index (χ1n) is 10.8. The van der Waals surface area contributed by atoms with Gasteiger partial charge in [-0.3, -0.25) is 4.79 Å². The highest BCUT2D eigenvalue weighted by Gasteiger charge is 2.44. The van der Waals surface area contributed by atoms with E-state index in [0.717, 1.165) is 32.9 Å². The summed E-state index contributed by atoms with van der Waals surface area (Å²) in [4.78, 5) is 20.6. The Balaban J connectivity index is 1.61. The van der Waals surface area contributed by atoms with Crippen molar-refractivity contribution in [2.45, 2.75) is 18.9 Å². The smallest absolute Gasteiger partial charge is 0.178 e. The number of fused-ring (bicyclic) bond motifs is 3. The van der Waals surface area contributed by atoms with Gasteiger partial charge in [0.15, 0.2) is 5.78 Å². The van der Waals surface area contributed by atoms with Crippen molar-refractivity contribution in [1.29, 1.82) is 0 Å². The van der Waals surface area contributed by atoms with E-state index in [0.29, 0.717) is 5.75 Å². The summed E-state index contributed by atoms with van der Waals surface area (Å²) in [6, 6.07) is 21.2. The van der Waals surface area contributed by atoms with E-state index in [9.17, 15) is 9.90 Å². The van der Waals surface area contributed by atoms with Gasteiger partial charge in [0.25, 0.3) is 0 Å². The average Bonchev–Trinajstić information content (AvgIpc) is 3.41. The minimum Gasteiger partial charge on any atom is -0.507 e. The number of hydrogen-bond acceptors (Lipinski definition) is 3. The van der Waals surface area contributed by atoms with Crippen LogP contribution in [0, 0.1) is 5.92 Å². The lowest BCUT2D eigenvalue weighted by molar-refractivity contribution is 0.0664. The van der Waals surface area contributed by atoms with Gasteiger partial charge in [0, 0.05) is 40.1 Å². The number of rotatable bonds is 3. The highest BCUT2D eigenvalue weighted by atomic mass is 16.5. The maximum Gasteiger partial charge on any atom is 0.178 e. The number of phenolic OH excluding ortho intramolecular Hbond substituents is 1. The third kappa shape index (κ3) is 2.67. The number of Topliss-reactive ketones (excluding diaryl/α,β-unsaturated/α-hetero) is 1. The fourth-order valence-electron chi connectivity index (χ4n) is 5.20. The summed E-state index contributed by atoms with van der Waals surface area (Å²) in [6.45, 7) is 1.94. The predicted molar refractivity (Wildman–Crippen MR) is 124 cm³/mol. The van der Waals surface area contributed by atoms with Crippen molar-refractivity contribution < 1.29 is 14.6 Å². The summed E-state index contributed by atoms with van der Waals surface area (Å²) in [5.74, 6) is -0.472. The molecule has 0 saturated heterocycles. The third-order valence-corrected chi connectivity index (χ3v) is 6.64. The Morgan fingerprint density at radius 1 is 0.844 bits per heavy atom. The lowest BCUT2D eigenvalue weighted by Gasteiger charge is -2.35. The number of phenols is 1. The second kappa shape index (κ2) is 7.02. The molecule has 5 aromatic rings. The van der Waals surface area contributed by atoms with Gasteiger partial charge in [0.2, 0.25) is 0 Å². The van der Waals surface area contributed by atoms with Gasteiger partial charge in [-0.15, -0.1) is 0 Å². The van der Waals surface area contributed by atoms with Crippen molar-refractivity contribution in [2.75, 3.05) is 0 Å². The number of carbonyl (C=O) groups is 1. The Morgan fingerprint density at radius 3 is 2.06 bits per heavy atom. The lowest BCUT2D eigenvalue weighted by atomic mass is 9.73. The van der Waals surface area contributed by atoms with E-state index in [1.165, 1.54) is 0 Å². The maximum absolute atomic E-state index is 13.9. The molecule has 0 fully saturated rings. The summed E-state index contributed by atoms with van der Waals surface area (Å²) in [7, 11) is 0. The van der Waals surface area contributed by atoms with Crippen molar-refractivity contribution in [3.8, 4) is 11.5 Å². The molecule has 5 nitrogen and oxygen atoms in total. The van der Waals surface area contributed by atoms with E-state index >= 15 is 0 Å². The second-order valence-corrected chi connectivity index (χ2v) is 8.42. The van der Waals surface area contributed by atoms with E-state index in [-0.39, 0.29) is 29.1 Å². The molecule has 0 saturated carbocycles. The lowest BCUT2D eigenvalue weighted by Crippen LogP contribution is -2.40. The number of para-hydroxylation sites is 2. The van der Waals surface area contributed by atoms with Gasteiger partial charge in [-0.2, -0.15) is 0 Å². The maximum atomic E-state index is 13.9. The number of carbonyl (C=O) groups excluding carboxylic acids is 1. The zero-order valence-corrected chi connectivity index (χ0v) is 17.5. The van der Waals surface area contributed by atoms with Gasteiger partial charge in [0.1, 0.15) is 23.2 Å². The minimum absolute atomic E-state index is 0.0407. The fraction of sp³-hybridized carbons (Fsp3) is 0.148. The van der Waals surface area contributed by atoms with E-state index in [1.807, 2.05) is 55.7 Å². The Kier molecular flexibility index (Phi) is 4.12. The quantitative estimate of drug-likeness (QED) is 0.346. The zero-order valence-electron chi connectivity index (χ0n) is 17.5. The first-order valence-corrected chi connectivity index (χ1v) is 10.8. The molecule has 3 aromatic carbocycles. The molecular weight excluding hydrogens is 400 g/mol. The molecule has 6 rings (SSSR count). The number of benzene rings is 3. The van der Waals surface area contributed by atoms with Gasteiger partial charge in [-0.05, 0) is 42.3 Å². The molecule has 32 heavy (non-hydrogen) atoms. The average molecular weight is 422 g/mol. The molecule has 0 radical (unpaired) electrons. The molecule has 0 aliphatic carbocycles. The topological polar surface area (TPSA) is 78.1 Å². The summed E-state index contributed by atoms with van der Waals surface area (Å²) in [5, 5.41) is 12.7. The number of H-pyrrole nitrogens is 2. The summed E-state index contributed by atoms with van der Waals surface area (Å²) in [6.07, 6.45) is 3.62. The second-order valence-electron chi connectivity index (χ2n) is 8.42. The van der Waals surface area contributed by atoms with Crippen LogP contribution >= 0.6 is 0 Å². The number of aromatic amines is 2. The molecule has 2 aromatic heterocycles. The zero-order chi connectivity index (χ0) is 21.8. The number of aromatic hydroxyl groups is 1. The molecular formula is C27H22N2O3. The monoisotopic (exact) mass is 422 g/mol. The molecule has 5 heteroatoms. The fourth-order valence-corrected chi connectivity index (χ4v) is 5.20. The summed E-state index contributed by atoms with van der Waals surface area (Å²) >= 11 is 0. The first kappa shape index (κ1) is 18.8. The molecule has 0 bridgehead atoms. The van der Waals surface area contributed by atoms with Gasteiger partial charge in [0.05, 0.1) is 5.92 Å². The van der Waals surface area contributed by atoms with Crippen LogP contribution in [-0.4, -0.2) is 27.0 Å². The van der Waals surface area contributed by atoms with Gasteiger partial charge >= 0.3 is 0 Å². The SMILES string of the molecule is C[C@@H]1Oc2cccc(O)c2C(=O)[C@H]1C(c1c[nH]c2ccccc12)c1c[nH]c2ccccc12. The molecule has 0 amide bonds. The Morgan fingerprint density at radius 2 is 1.44 bits per heavy atom. The number of ketones is 1. The van der Waals surface area contributed by atoms with Gasteiger partial charge in [-0.25, -0.2) is 0 Å². The number of aromatic nitrogens is 2. The molecule has 3 heterocycles. The standard InChI is InChI=1S/C27H22N2O3/c1-15-24(27(31)26-22(30)11-6-12-23(26)32-15)25(18-13-28-20-9-4-2-7-16(18)20)19-14-29-21-10-5-3-8-17(19)21/h2-15,24-25,28-30H,1H3/t15-,24+/m0/s1. The van der Waals surface area contributed by atoms with Crippen LogP contribution < -0.4 is 4.74 Å². The van der Waals surface area contributed by atoms with Gasteiger partial charge in [-0.1, -0.05) is 42.5 Å². The number of ether oxygens (including phenoxy) is 1. The van der Waals surface area contributed by atoms with E-state index < -0.39 is 5.92 Å². The largest absolute Gasteiger partial charge is 0.507 e. The Hall–Kier alpha value is -3.99. The van der Waals surface area contributed by atoms with Crippen molar-refractivity contribution in [1.82, 2.24) is 9.97 Å². The molecule has 1 aliphatic heterocycles. The van der Waals surface area contributed by atoms with Crippen LogP contribution in [0.5, 0.6) is 11.5 Å². The van der Waals surface area contributed by atoms with E-state index in [4.69, 9.17) is 4.74 Å². The molecule has 0 unspecified atom stereocenters. The molecule has 0 spiro atoms. The molecule has 1 aliphatic rings. The predicted octanol–water partition coefficient (Wildman–Crippen LogP) is 5.77. The molecule has 158 valence electrons. The summed E-state index contributed by atoms with van der Waals surface area (Å²) < 4.78 is 6.20. The van der Waals surface area contributed by atoms with Crippen molar-refractivity contribution in [3.63, 3.8) is 0 Å². The molecule has 3 N–H and O–H groups in total. The molecule has 2 atom stereocenters. The van der Waals surface area contributed by atoms with Gasteiger partial charge < -0.3 is 19.8 Å². The highest BCUT2D eigenvalue weighted by molar-refractivity contribution is 6.05. The van der Waals surface area contributed by atoms with Crippen LogP contribution in [0.3, 0.4) is 0 Å². The summed E-state index contributed by atoms with van der Waals surface area (Å²) in [5.41, 5.74) is 4.39. The van der Waals surface area contributed by atoms with Crippen molar-refractivity contribution in [3.05, 3.63) is 95.8 Å². The van der Waals surface area contributed by atoms with E-state index in [2.05, 4.69) is 22.1 Å². The van der Waals surface area contributed by atoms with Crippen LogP contribution in [0.4, 0.5) is 0 Å². The van der Waals surface area contributed by atoms with E-state index in [1.54, 1.807) is 18.2 Å². The Labute approximate surface area is 184 Å². The van der Waals surface area contributed by atoms with Crippen LogP contribution in [0.2, 0.25) is 0 Å². The first-order chi connectivity index (χ1) is 15.6. The Bertz CT molecular complexity index is 1400. The minimum atomic E-state index is -0.505. The van der Waals surface area contributed by atoms with Crippen LogP contribution in [0.25, 0.3) is 21.8 Å².